The van der Waals surface area contributed by atoms with Gasteiger partial charge in [0.25, 0.3) is 5.56 Å². The SMILES string of the molecule is Cc1nn(C)c2c1c1ccccc1c(=O)n2CCN1CCCCC1.Cl. The van der Waals surface area contributed by atoms with Crippen LogP contribution in [0.3, 0.4) is 0 Å². The molecule has 4 rings (SSSR count). The van der Waals surface area contributed by atoms with Crippen molar-refractivity contribution in [1.29, 1.82) is 0 Å². The topological polar surface area (TPSA) is 43.1 Å². The molecule has 0 spiro atoms. The molecule has 6 heteroatoms. The first kappa shape index (κ1) is 18.0. The standard InChI is InChI=1S/C19H24N4O.ClH/c1-14-17-15-8-4-5-9-16(15)19(24)23(18(17)21(2)20-14)13-12-22-10-6-3-7-11-22;/h4-5,8-9H,3,6-7,10-13H2,1-2H3;1H. The third-order valence-corrected chi connectivity index (χ3v) is 5.21. The molecule has 1 aliphatic rings. The van der Waals surface area contributed by atoms with Crippen molar-refractivity contribution in [3.8, 4) is 0 Å². The van der Waals surface area contributed by atoms with Crippen LogP contribution < -0.4 is 5.56 Å². The first-order valence-corrected chi connectivity index (χ1v) is 8.84. The number of pyridine rings is 1. The van der Waals surface area contributed by atoms with Crippen LogP contribution in [0.2, 0.25) is 0 Å². The second-order valence-electron chi connectivity index (χ2n) is 6.81. The molecule has 0 unspecified atom stereocenters. The summed E-state index contributed by atoms with van der Waals surface area (Å²) < 4.78 is 3.78. The highest BCUT2D eigenvalue weighted by atomic mass is 35.5. The Morgan fingerprint density at radius 1 is 1.04 bits per heavy atom. The Morgan fingerprint density at radius 3 is 2.44 bits per heavy atom. The zero-order valence-corrected chi connectivity index (χ0v) is 15.7. The van der Waals surface area contributed by atoms with Gasteiger partial charge >= 0.3 is 0 Å². The minimum atomic E-state index is 0. The first-order chi connectivity index (χ1) is 11.7. The molecule has 0 saturated carbocycles. The highest BCUT2D eigenvalue weighted by Gasteiger charge is 2.17. The number of fused-ring (bicyclic) bond motifs is 3. The summed E-state index contributed by atoms with van der Waals surface area (Å²) in [5, 5.41) is 7.49. The molecule has 0 amide bonds. The van der Waals surface area contributed by atoms with Crippen LogP contribution in [-0.2, 0) is 13.6 Å². The van der Waals surface area contributed by atoms with E-state index in [0.717, 1.165) is 53.7 Å². The maximum Gasteiger partial charge on any atom is 0.260 e. The van der Waals surface area contributed by atoms with E-state index in [2.05, 4.69) is 10.00 Å². The lowest BCUT2D eigenvalue weighted by Gasteiger charge is -2.26. The molecule has 3 heterocycles. The van der Waals surface area contributed by atoms with E-state index >= 15 is 0 Å². The number of nitrogens with zero attached hydrogens (tertiary/aromatic N) is 4. The maximum absolute atomic E-state index is 13.1. The van der Waals surface area contributed by atoms with E-state index in [1.165, 1.54) is 19.3 Å². The number of hydrogen-bond acceptors (Lipinski definition) is 3. The Labute approximate surface area is 153 Å². The predicted molar refractivity (Wildman–Crippen MR) is 105 cm³/mol. The Hall–Kier alpha value is -1.85. The Bertz CT molecular complexity index is 953. The van der Waals surface area contributed by atoms with Crippen molar-refractivity contribution >= 4 is 34.2 Å². The van der Waals surface area contributed by atoms with E-state index in [1.54, 1.807) is 0 Å². The molecule has 3 aromatic rings. The molecule has 0 N–H and O–H groups in total. The zero-order valence-electron chi connectivity index (χ0n) is 14.9. The van der Waals surface area contributed by atoms with E-state index in [1.807, 2.05) is 47.5 Å². The summed E-state index contributed by atoms with van der Waals surface area (Å²) in [5.74, 6) is 0. The fourth-order valence-corrected chi connectivity index (χ4v) is 4.03. The van der Waals surface area contributed by atoms with Gasteiger partial charge in [-0.1, -0.05) is 24.6 Å². The Morgan fingerprint density at radius 2 is 1.72 bits per heavy atom. The number of benzene rings is 1. The van der Waals surface area contributed by atoms with E-state index in [4.69, 9.17) is 0 Å². The molecule has 1 fully saturated rings. The van der Waals surface area contributed by atoms with Gasteiger partial charge < -0.3 is 4.90 Å². The second-order valence-corrected chi connectivity index (χ2v) is 6.81. The van der Waals surface area contributed by atoms with E-state index in [0.29, 0.717) is 0 Å². The van der Waals surface area contributed by atoms with Crippen LogP contribution in [0, 0.1) is 6.92 Å². The summed E-state index contributed by atoms with van der Waals surface area (Å²) in [5.41, 5.74) is 2.02. The summed E-state index contributed by atoms with van der Waals surface area (Å²) in [4.78, 5) is 15.6. The minimum Gasteiger partial charge on any atom is -0.302 e. The van der Waals surface area contributed by atoms with Crippen LogP contribution in [-0.4, -0.2) is 38.9 Å². The van der Waals surface area contributed by atoms with Crippen LogP contribution >= 0.6 is 12.4 Å². The molecule has 0 aliphatic carbocycles. The Kier molecular flexibility index (Phi) is 5.16. The largest absolute Gasteiger partial charge is 0.302 e. The number of piperidine rings is 1. The molecular formula is C19H25ClN4O. The summed E-state index contributed by atoms with van der Waals surface area (Å²) in [6, 6.07) is 7.89. The number of likely N-dealkylation sites (tertiary alicyclic amines) is 1. The molecule has 134 valence electrons. The van der Waals surface area contributed by atoms with Crippen LogP contribution in [0.5, 0.6) is 0 Å². The van der Waals surface area contributed by atoms with Gasteiger partial charge in [0.2, 0.25) is 0 Å². The third-order valence-electron chi connectivity index (χ3n) is 5.21. The fraction of sp³-hybridized carbons (Fsp3) is 0.474. The molecule has 25 heavy (non-hydrogen) atoms. The number of aromatic nitrogens is 3. The number of halogens is 1. The van der Waals surface area contributed by atoms with Gasteiger partial charge in [-0.2, -0.15) is 5.10 Å². The van der Waals surface area contributed by atoms with Crippen LogP contribution in [0.4, 0.5) is 0 Å². The van der Waals surface area contributed by atoms with E-state index < -0.39 is 0 Å². The van der Waals surface area contributed by atoms with Crippen molar-refractivity contribution in [2.75, 3.05) is 19.6 Å². The monoisotopic (exact) mass is 360 g/mol. The second kappa shape index (κ2) is 7.18. The number of hydrogen-bond donors (Lipinski definition) is 0. The lowest BCUT2D eigenvalue weighted by molar-refractivity contribution is 0.221. The molecule has 0 radical (unpaired) electrons. The number of aryl methyl sites for hydroxylation is 2. The van der Waals surface area contributed by atoms with Gasteiger partial charge in [-0.3, -0.25) is 14.0 Å². The van der Waals surface area contributed by atoms with Gasteiger partial charge in [-0.25, -0.2) is 0 Å². The smallest absolute Gasteiger partial charge is 0.260 e. The Balaban J connectivity index is 0.00000182. The minimum absolute atomic E-state index is 0. The van der Waals surface area contributed by atoms with Crippen molar-refractivity contribution in [1.82, 2.24) is 19.2 Å². The van der Waals surface area contributed by atoms with Gasteiger partial charge in [-0.15, -0.1) is 12.4 Å². The van der Waals surface area contributed by atoms with Crippen molar-refractivity contribution in [2.24, 2.45) is 7.05 Å². The lowest BCUT2D eigenvalue weighted by atomic mass is 10.1. The quantitative estimate of drug-likeness (QED) is 0.720. The highest BCUT2D eigenvalue weighted by Crippen LogP contribution is 2.25. The fourth-order valence-electron chi connectivity index (χ4n) is 4.03. The average Bonchev–Trinajstić information content (AvgIpc) is 2.90. The summed E-state index contributed by atoms with van der Waals surface area (Å²) in [7, 11) is 1.93. The number of rotatable bonds is 3. The van der Waals surface area contributed by atoms with Gasteiger partial charge in [0.15, 0.2) is 0 Å². The summed E-state index contributed by atoms with van der Waals surface area (Å²) in [6.07, 6.45) is 3.87. The van der Waals surface area contributed by atoms with Crippen LogP contribution in [0.15, 0.2) is 29.1 Å². The van der Waals surface area contributed by atoms with Crippen molar-refractivity contribution < 1.29 is 0 Å². The molecule has 0 bridgehead atoms. The van der Waals surface area contributed by atoms with Gasteiger partial charge in [-0.05, 0) is 38.9 Å². The summed E-state index contributed by atoms with van der Waals surface area (Å²) >= 11 is 0. The zero-order chi connectivity index (χ0) is 16.7. The van der Waals surface area contributed by atoms with Gasteiger partial charge in [0.05, 0.1) is 5.69 Å². The molecule has 1 saturated heterocycles. The van der Waals surface area contributed by atoms with Crippen molar-refractivity contribution in [2.45, 2.75) is 32.7 Å². The molecule has 2 aromatic heterocycles. The van der Waals surface area contributed by atoms with Crippen molar-refractivity contribution in [3.05, 3.63) is 40.3 Å². The van der Waals surface area contributed by atoms with Crippen LogP contribution in [0.1, 0.15) is 25.0 Å². The highest BCUT2D eigenvalue weighted by molar-refractivity contribution is 6.05. The molecule has 1 aromatic carbocycles. The van der Waals surface area contributed by atoms with Crippen LogP contribution in [0.25, 0.3) is 21.8 Å². The lowest BCUT2D eigenvalue weighted by Crippen LogP contribution is -2.35. The third kappa shape index (κ3) is 3.07. The average molecular weight is 361 g/mol. The van der Waals surface area contributed by atoms with E-state index in [-0.39, 0.29) is 18.0 Å². The predicted octanol–water partition coefficient (Wildman–Crippen LogP) is 3.10. The van der Waals surface area contributed by atoms with E-state index in [9.17, 15) is 4.79 Å². The van der Waals surface area contributed by atoms with Gasteiger partial charge in [0, 0.05) is 36.3 Å². The summed E-state index contributed by atoms with van der Waals surface area (Å²) in [6.45, 7) is 5.97. The molecular weight excluding hydrogens is 336 g/mol. The first-order valence-electron chi connectivity index (χ1n) is 8.84. The molecule has 0 atom stereocenters. The van der Waals surface area contributed by atoms with Gasteiger partial charge in [0.1, 0.15) is 5.65 Å². The maximum atomic E-state index is 13.1. The normalized spacial score (nSPS) is 15.6. The van der Waals surface area contributed by atoms with Crippen molar-refractivity contribution in [3.63, 3.8) is 0 Å². The molecule has 5 nitrogen and oxygen atoms in total. The molecule has 1 aliphatic heterocycles.